The molecule has 0 fully saturated rings. The number of hydrogen-bond donors (Lipinski definition) is 1. The van der Waals surface area contributed by atoms with Crippen LogP contribution in [0.1, 0.15) is 5.56 Å². The standard InChI is InChI=1S/C13H14F5NO3/c1-21-9-5-8(6-10(7-9)22-2)3-4-19-11(20)12(14,15)13(16,17)18/h5-7H,3-4H2,1-2H3,(H,19,20). The first kappa shape index (κ1) is 18.0. The highest BCUT2D eigenvalue weighted by molar-refractivity contribution is 5.84. The Balaban J connectivity index is 2.66. The lowest BCUT2D eigenvalue weighted by atomic mass is 10.1. The molecule has 0 aliphatic heterocycles. The summed E-state index contributed by atoms with van der Waals surface area (Å²) in [5, 5.41) is 1.56. The second-order valence-electron chi connectivity index (χ2n) is 4.30. The fraction of sp³-hybridized carbons (Fsp3) is 0.462. The number of rotatable bonds is 6. The van der Waals surface area contributed by atoms with E-state index in [2.05, 4.69) is 0 Å². The van der Waals surface area contributed by atoms with Crippen LogP contribution in [0.25, 0.3) is 0 Å². The Labute approximate surface area is 123 Å². The molecule has 1 N–H and O–H groups in total. The predicted molar refractivity (Wildman–Crippen MR) is 67.3 cm³/mol. The lowest BCUT2D eigenvalue weighted by Gasteiger charge is -2.18. The average molecular weight is 327 g/mol. The highest BCUT2D eigenvalue weighted by atomic mass is 19.4. The van der Waals surface area contributed by atoms with Crippen molar-refractivity contribution in [3.63, 3.8) is 0 Å². The van der Waals surface area contributed by atoms with Gasteiger partial charge in [0.2, 0.25) is 0 Å². The van der Waals surface area contributed by atoms with E-state index in [0.29, 0.717) is 17.1 Å². The fourth-order valence-corrected chi connectivity index (χ4v) is 1.57. The van der Waals surface area contributed by atoms with Gasteiger partial charge >= 0.3 is 12.1 Å². The van der Waals surface area contributed by atoms with Crippen LogP contribution in [0.4, 0.5) is 22.0 Å². The molecule has 1 aromatic rings. The number of benzene rings is 1. The Morgan fingerprint density at radius 1 is 1.05 bits per heavy atom. The van der Waals surface area contributed by atoms with Crippen LogP contribution < -0.4 is 14.8 Å². The van der Waals surface area contributed by atoms with E-state index in [1.54, 1.807) is 23.5 Å². The van der Waals surface area contributed by atoms with E-state index in [0.717, 1.165) is 0 Å². The summed E-state index contributed by atoms with van der Waals surface area (Å²) in [6.45, 7) is -0.388. The molecule has 0 radical (unpaired) electrons. The number of ether oxygens (including phenoxy) is 2. The maximum Gasteiger partial charge on any atom is 0.463 e. The molecule has 124 valence electrons. The second kappa shape index (κ2) is 6.80. The maximum absolute atomic E-state index is 12.7. The zero-order chi connectivity index (χ0) is 17.0. The second-order valence-corrected chi connectivity index (χ2v) is 4.30. The number of hydrogen-bond acceptors (Lipinski definition) is 3. The molecule has 0 aromatic heterocycles. The third-order valence-corrected chi connectivity index (χ3v) is 2.75. The molecule has 0 unspecified atom stereocenters. The van der Waals surface area contributed by atoms with Gasteiger partial charge in [0.1, 0.15) is 11.5 Å². The number of methoxy groups -OCH3 is 2. The van der Waals surface area contributed by atoms with E-state index >= 15 is 0 Å². The Morgan fingerprint density at radius 2 is 1.55 bits per heavy atom. The van der Waals surface area contributed by atoms with Crippen LogP contribution in [0.3, 0.4) is 0 Å². The van der Waals surface area contributed by atoms with Crippen molar-refractivity contribution in [2.45, 2.75) is 18.5 Å². The molecule has 9 heteroatoms. The molecule has 1 amide bonds. The largest absolute Gasteiger partial charge is 0.497 e. The summed E-state index contributed by atoms with van der Waals surface area (Å²) >= 11 is 0. The van der Waals surface area contributed by atoms with Crippen molar-refractivity contribution in [3.05, 3.63) is 23.8 Å². The van der Waals surface area contributed by atoms with Gasteiger partial charge in [0.15, 0.2) is 0 Å². The minimum atomic E-state index is -5.92. The number of carbonyl (C=O) groups excluding carboxylic acids is 1. The third kappa shape index (κ3) is 4.22. The average Bonchev–Trinajstić information content (AvgIpc) is 2.45. The van der Waals surface area contributed by atoms with Crippen molar-refractivity contribution in [3.8, 4) is 11.5 Å². The summed E-state index contributed by atoms with van der Waals surface area (Å²) in [6.07, 6.45) is -5.89. The Kier molecular flexibility index (Phi) is 5.56. The molecule has 0 atom stereocenters. The van der Waals surface area contributed by atoms with Gasteiger partial charge in [-0.1, -0.05) is 0 Å². The maximum atomic E-state index is 12.7. The predicted octanol–water partition coefficient (Wildman–Crippen LogP) is 2.56. The van der Waals surface area contributed by atoms with Gasteiger partial charge in [-0.2, -0.15) is 22.0 Å². The van der Waals surface area contributed by atoms with Crippen molar-refractivity contribution in [1.29, 1.82) is 0 Å². The molecule has 0 saturated carbocycles. The van der Waals surface area contributed by atoms with Crippen molar-refractivity contribution in [2.75, 3.05) is 20.8 Å². The number of amides is 1. The van der Waals surface area contributed by atoms with Crippen LogP contribution in [0.15, 0.2) is 18.2 Å². The van der Waals surface area contributed by atoms with Crippen molar-refractivity contribution < 1.29 is 36.2 Å². The van der Waals surface area contributed by atoms with Crippen LogP contribution >= 0.6 is 0 Å². The molecule has 0 spiro atoms. The summed E-state index contributed by atoms with van der Waals surface area (Å²) in [4.78, 5) is 10.9. The van der Waals surface area contributed by atoms with Crippen LogP contribution in [-0.4, -0.2) is 38.8 Å². The Bertz CT molecular complexity index is 509. The summed E-state index contributed by atoms with van der Waals surface area (Å²) in [7, 11) is 2.81. The summed E-state index contributed by atoms with van der Waals surface area (Å²) < 4.78 is 71.4. The van der Waals surface area contributed by atoms with Crippen molar-refractivity contribution >= 4 is 5.91 Å². The highest BCUT2D eigenvalue weighted by Gasteiger charge is 2.63. The normalized spacial score (nSPS) is 12.0. The van der Waals surface area contributed by atoms with E-state index in [4.69, 9.17) is 9.47 Å². The molecule has 1 rings (SSSR count). The van der Waals surface area contributed by atoms with Crippen molar-refractivity contribution in [1.82, 2.24) is 5.32 Å². The molecule has 22 heavy (non-hydrogen) atoms. The van der Waals surface area contributed by atoms with Crippen LogP contribution in [0.5, 0.6) is 11.5 Å². The lowest BCUT2D eigenvalue weighted by Crippen LogP contribution is -2.50. The SMILES string of the molecule is COc1cc(CCNC(=O)C(F)(F)C(F)(F)F)cc(OC)c1. The highest BCUT2D eigenvalue weighted by Crippen LogP contribution is 2.35. The van der Waals surface area contributed by atoms with Gasteiger partial charge in [0.05, 0.1) is 14.2 Å². The third-order valence-electron chi connectivity index (χ3n) is 2.75. The summed E-state index contributed by atoms with van der Waals surface area (Å²) in [5.74, 6) is -6.93. The van der Waals surface area contributed by atoms with E-state index < -0.39 is 18.0 Å². The number of nitrogens with one attached hydrogen (secondary N) is 1. The molecule has 1 aromatic carbocycles. The quantitative estimate of drug-likeness (QED) is 0.817. The van der Waals surface area contributed by atoms with Gasteiger partial charge in [0.25, 0.3) is 5.91 Å². The molecular formula is C13H14F5NO3. The first-order chi connectivity index (χ1) is 10.1. The van der Waals surface area contributed by atoms with Crippen LogP contribution in [0.2, 0.25) is 0 Å². The molecule has 0 saturated heterocycles. The monoisotopic (exact) mass is 327 g/mol. The summed E-state index contributed by atoms with van der Waals surface area (Å²) in [6, 6.07) is 4.67. The smallest absolute Gasteiger partial charge is 0.463 e. The zero-order valence-corrected chi connectivity index (χ0v) is 11.8. The molecule has 0 heterocycles. The van der Waals surface area contributed by atoms with Crippen molar-refractivity contribution in [2.24, 2.45) is 0 Å². The first-order valence-electron chi connectivity index (χ1n) is 6.06. The Morgan fingerprint density at radius 3 is 1.95 bits per heavy atom. The molecule has 0 bridgehead atoms. The van der Waals surface area contributed by atoms with Crippen LogP contribution in [0, 0.1) is 0 Å². The van der Waals surface area contributed by atoms with Gasteiger partial charge in [-0.05, 0) is 24.1 Å². The lowest BCUT2D eigenvalue weighted by molar-refractivity contribution is -0.269. The first-order valence-corrected chi connectivity index (χ1v) is 6.06. The van der Waals surface area contributed by atoms with Gasteiger partial charge in [-0.25, -0.2) is 0 Å². The van der Waals surface area contributed by atoms with E-state index in [1.165, 1.54) is 14.2 Å². The van der Waals surface area contributed by atoms with Crippen LogP contribution in [-0.2, 0) is 11.2 Å². The Hall–Kier alpha value is -2.06. The van der Waals surface area contributed by atoms with E-state index in [-0.39, 0.29) is 13.0 Å². The van der Waals surface area contributed by atoms with Gasteiger partial charge in [0, 0.05) is 12.6 Å². The molecular weight excluding hydrogens is 313 g/mol. The van der Waals surface area contributed by atoms with Gasteiger partial charge in [-0.3, -0.25) is 4.79 Å². The topological polar surface area (TPSA) is 47.6 Å². The molecule has 0 aliphatic carbocycles. The number of carbonyl (C=O) groups is 1. The number of halogens is 5. The van der Waals surface area contributed by atoms with Gasteiger partial charge < -0.3 is 14.8 Å². The van der Waals surface area contributed by atoms with E-state index in [9.17, 15) is 26.7 Å². The zero-order valence-electron chi connectivity index (χ0n) is 11.8. The minimum absolute atomic E-state index is 0.0350. The van der Waals surface area contributed by atoms with E-state index in [1.807, 2.05) is 0 Å². The molecule has 0 aliphatic rings. The molecule has 4 nitrogen and oxygen atoms in total. The fourth-order valence-electron chi connectivity index (χ4n) is 1.57. The summed E-state index contributed by atoms with van der Waals surface area (Å²) in [5.41, 5.74) is 0.548. The van der Waals surface area contributed by atoms with Gasteiger partial charge in [-0.15, -0.1) is 0 Å². The number of alkyl halides is 5. The minimum Gasteiger partial charge on any atom is -0.497 e.